The maximum absolute atomic E-state index is 6.24. The number of rotatable bonds is 1. The molecule has 0 spiro atoms. The molecule has 3 rings (SSSR count). The molecule has 1 aromatic rings. The Balaban J connectivity index is 1.98. The van der Waals surface area contributed by atoms with Gasteiger partial charge in [0.1, 0.15) is 7.05 Å². The Morgan fingerprint density at radius 1 is 1.32 bits per heavy atom. The van der Waals surface area contributed by atoms with Crippen LogP contribution in [0, 0.1) is 23.7 Å². The van der Waals surface area contributed by atoms with Crippen LogP contribution in [0.25, 0.3) is 0 Å². The summed E-state index contributed by atoms with van der Waals surface area (Å²) >= 11 is 0. The van der Waals surface area contributed by atoms with Crippen LogP contribution in [0.2, 0.25) is 0 Å². The Labute approximate surface area is 116 Å². The number of ether oxygens (including phenoxy) is 1. The van der Waals surface area contributed by atoms with Gasteiger partial charge in [-0.3, -0.25) is 0 Å². The van der Waals surface area contributed by atoms with Crippen LogP contribution >= 0.6 is 0 Å². The molecule has 1 saturated heterocycles. The van der Waals surface area contributed by atoms with Crippen molar-refractivity contribution in [2.45, 2.75) is 26.9 Å². The van der Waals surface area contributed by atoms with Gasteiger partial charge in [0.25, 0.3) is 0 Å². The highest BCUT2D eigenvalue weighted by molar-refractivity contribution is 5.22. The summed E-state index contributed by atoms with van der Waals surface area (Å²) in [4.78, 5) is 0. The predicted molar refractivity (Wildman–Crippen MR) is 75.4 cm³/mol. The van der Waals surface area contributed by atoms with Gasteiger partial charge < -0.3 is 4.74 Å². The first kappa shape index (κ1) is 12.9. The fourth-order valence-electron chi connectivity index (χ4n) is 4.03. The van der Waals surface area contributed by atoms with Gasteiger partial charge in [-0.2, -0.15) is 0 Å². The van der Waals surface area contributed by atoms with E-state index in [1.807, 2.05) is 0 Å². The van der Waals surface area contributed by atoms with Gasteiger partial charge in [0.2, 0.25) is 0 Å². The Bertz CT molecular complexity index is 508. The third-order valence-corrected chi connectivity index (χ3v) is 5.05. The van der Waals surface area contributed by atoms with E-state index in [-0.39, 0.29) is 6.10 Å². The largest absolute Gasteiger partial charge is 0.372 e. The number of nitrogens with zero attached hydrogens (tertiary/aromatic N) is 1. The van der Waals surface area contributed by atoms with Crippen molar-refractivity contribution in [2.24, 2.45) is 30.7 Å². The molecule has 0 aromatic carbocycles. The number of fused-ring (bicyclic) bond motifs is 2. The zero-order valence-corrected chi connectivity index (χ0v) is 12.3. The quantitative estimate of drug-likeness (QED) is 0.557. The normalized spacial score (nSPS) is 37.9. The minimum Gasteiger partial charge on any atom is -0.372 e. The molecule has 0 amide bonds. The van der Waals surface area contributed by atoms with Crippen LogP contribution in [0.3, 0.4) is 0 Å². The molecule has 1 aromatic heterocycles. The number of hydrogen-bond acceptors (Lipinski definition) is 1. The summed E-state index contributed by atoms with van der Waals surface area (Å²) in [5.74, 6) is 2.59. The van der Waals surface area contributed by atoms with Crippen LogP contribution in [0.15, 0.2) is 36.2 Å². The molecule has 0 unspecified atom stereocenters. The van der Waals surface area contributed by atoms with Crippen LogP contribution < -0.4 is 4.57 Å². The number of pyridine rings is 1. The Morgan fingerprint density at radius 3 is 2.84 bits per heavy atom. The second-order valence-electron chi connectivity index (χ2n) is 6.38. The summed E-state index contributed by atoms with van der Waals surface area (Å²) in [6.45, 7) is 7.90. The van der Waals surface area contributed by atoms with E-state index in [2.05, 4.69) is 63.0 Å². The summed E-state index contributed by atoms with van der Waals surface area (Å²) in [6, 6.07) is 4.31. The molecule has 0 N–H and O–H groups in total. The van der Waals surface area contributed by atoms with Gasteiger partial charge in [0.15, 0.2) is 12.4 Å². The number of aromatic nitrogens is 1. The fourth-order valence-corrected chi connectivity index (χ4v) is 4.03. The Morgan fingerprint density at radius 2 is 2.11 bits per heavy atom. The Hall–Kier alpha value is -1.15. The van der Waals surface area contributed by atoms with Crippen molar-refractivity contribution in [1.82, 2.24) is 0 Å². The van der Waals surface area contributed by atoms with Crippen molar-refractivity contribution in [3.8, 4) is 0 Å². The molecule has 1 aliphatic heterocycles. The van der Waals surface area contributed by atoms with E-state index in [4.69, 9.17) is 4.74 Å². The second-order valence-corrected chi connectivity index (χ2v) is 6.38. The monoisotopic (exact) mass is 258 g/mol. The highest BCUT2D eigenvalue weighted by Crippen LogP contribution is 2.49. The molecule has 2 aliphatic rings. The van der Waals surface area contributed by atoms with E-state index in [1.54, 1.807) is 0 Å². The molecular weight excluding hydrogens is 234 g/mol. The van der Waals surface area contributed by atoms with Gasteiger partial charge in [-0.05, 0) is 30.7 Å². The first-order valence-corrected chi connectivity index (χ1v) is 7.33. The smallest absolute Gasteiger partial charge is 0.174 e. The van der Waals surface area contributed by atoms with Gasteiger partial charge in [-0.25, -0.2) is 4.57 Å². The molecule has 1 fully saturated rings. The van der Waals surface area contributed by atoms with Crippen LogP contribution in [0.4, 0.5) is 0 Å². The number of allylic oxidation sites excluding steroid dienone is 1. The van der Waals surface area contributed by atoms with Crippen LogP contribution in [-0.2, 0) is 11.8 Å². The zero-order chi connectivity index (χ0) is 13.6. The van der Waals surface area contributed by atoms with Gasteiger partial charge in [-0.15, -0.1) is 0 Å². The van der Waals surface area contributed by atoms with Crippen LogP contribution in [0.1, 0.15) is 32.4 Å². The average Bonchev–Trinajstić information content (AvgIpc) is 2.35. The van der Waals surface area contributed by atoms with E-state index < -0.39 is 0 Å². The Kier molecular flexibility index (Phi) is 3.22. The molecule has 19 heavy (non-hydrogen) atoms. The van der Waals surface area contributed by atoms with Gasteiger partial charge in [0, 0.05) is 17.5 Å². The van der Waals surface area contributed by atoms with Gasteiger partial charge in [-0.1, -0.05) is 25.5 Å². The van der Waals surface area contributed by atoms with Crippen molar-refractivity contribution in [1.29, 1.82) is 0 Å². The van der Waals surface area contributed by atoms with Gasteiger partial charge in [0.05, 0.1) is 12.7 Å². The summed E-state index contributed by atoms with van der Waals surface area (Å²) in [5, 5.41) is 0. The summed E-state index contributed by atoms with van der Waals surface area (Å²) in [7, 11) is 2.07. The minimum absolute atomic E-state index is 0.224. The predicted octanol–water partition coefficient (Wildman–Crippen LogP) is 3.05. The first-order valence-electron chi connectivity index (χ1n) is 7.33. The SMILES string of the molecule is CC1=C[C@H](C)[C@H]2CO[C@H](c3ccc[n+](C)c3)[C@@H]1[C@H]2C. The second kappa shape index (κ2) is 4.75. The van der Waals surface area contributed by atoms with E-state index in [9.17, 15) is 0 Å². The third kappa shape index (κ3) is 2.12. The molecule has 102 valence electrons. The molecular formula is C17H24NO+. The minimum atomic E-state index is 0.224. The molecule has 2 nitrogen and oxygen atoms in total. The van der Waals surface area contributed by atoms with Crippen molar-refractivity contribution in [3.63, 3.8) is 0 Å². The highest BCUT2D eigenvalue weighted by Gasteiger charge is 2.44. The number of aryl methyl sites for hydroxylation is 1. The lowest BCUT2D eigenvalue weighted by Crippen LogP contribution is -2.43. The topological polar surface area (TPSA) is 13.1 Å². The van der Waals surface area contributed by atoms with E-state index in [0.29, 0.717) is 23.7 Å². The van der Waals surface area contributed by atoms with E-state index in [0.717, 1.165) is 6.61 Å². The molecule has 2 bridgehead atoms. The number of hydrogen-bond donors (Lipinski definition) is 0. The molecule has 2 heterocycles. The molecule has 1 aliphatic carbocycles. The van der Waals surface area contributed by atoms with Crippen molar-refractivity contribution in [2.75, 3.05) is 6.61 Å². The molecule has 0 radical (unpaired) electrons. The molecule has 2 heteroatoms. The maximum atomic E-state index is 6.24. The first-order chi connectivity index (χ1) is 9.08. The summed E-state index contributed by atoms with van der Waals surface area (Å²) in [5.41, 5.74) is 2.81. The van der Waals surface area contributed by atoms with Gasteiger partial charge >= 0.3 is 0 Å². The van der Waals surface area contributed by atoms with Crippen molar-refractivity contribution < 1.29 is 9.30 Å². The van der Waals surface area contributed by atoms with Crippen LogP contribution in [0.5, 0.6) is 0 Å². The average molecular weight is 258 g/mol. The lowest BCUT2D eigenvalue weighted by molar-refractivity contribution is -0.672. The molecule has 5 atom stereocenters. The van der Waals surface area contributed by atoms with E-state index in [1.165, 1.54) is 11.1 Å². The highest BCUT2D eigenvalue weighted by atomic mass is 16.5. The standard InChI is InChI=1S/C17H24NO/c1-11-8-12(2)16-13(3)15(11)10-19-17(16)14-6-5-7-18(4)9-14/h5-9,11,13,15-17H,10H2,1-4H3/q+1/t11-,13-,15+,16-,17+/m0/s1. The summed E-state index contributed by atoms with van der Waals surface area (Å²) < 4.78 is 8.35. The summed E-state index contributed by atoms with van der Waals surface area (Å²) in [6.07, 6.45) is 6.96. The third-order valence-electron chi connectivity index (χ3n) is 5.05. The van der Waals surface area contributed by atoms with E-state index >= 15 is 0 Å². The fraction of sp³-hybridized carbons (Fsp3) is 0.588. The van der Waals surface area contributed by atoms with Crippen LogP contribution in [-0.4, -0.2) is 6.61 Å². The molecule has 0 saturated carbocycles. The lowest BCUT2D eigenvalue weighted by Gasteiger charge is -2.47. The maximum Gasteiger partial charge on any atom is 0.174 e. The van der Waals surface area contributed by atoms with Crippen molar-refractivity contribution >= 4 is 0 Å². The van der Waals surface area contributed by atoms with Crippen molar-refractivity contribution in [3.05, 3.63) is 41.7 Å². The lowest BCUT2D eigenvalue weighted by atomic mass is 9.65. The zero-order valence-electron chi connectivity index (χ0n) is 12.3.